The fourth-order valence-electron chi connectivity index (χ4n) is 2.44. The van der Waals surface area contributed by atoms with Crippen LogP contribution in [0.25, 0.3) is 10.8 Å². The van der Waals surface area contributed by atoms with Crippen molar-refractivity contribution in [2.45, 2.75) is 12.5 Å². The number of fused-ring (bicyclic) bond motifs is 1. The number of carbonyl (C=O) groups excluding carboxylic acids is 1. The Morgan fingerprint density at radius 3 is 2.62 bits per heavy atom. The van der Waals surface area contributed by atoms with Gasteiger partial charge in [0.15, 0.2) is 5.60 Å². The maximum atomic E-state index is 12.5. The minimum absolute atomic E-state index is 0.219. The van der Waals surface area contributed by atoms with Gasteiger partial charge in [0.25, 0.3) is 11.5 Å². The summed E-state index contributed by atoms with van der Waals surface area (Å²) < 4.78 is 0. The van der Waals surface area contributed by atoms with Gasteiger partial charge in [-0.05, 0) is 36.1 Å². The molecule has 2 aromatic carbocycles. The number of anilines is 1. The molecule has 0 spiro atoms. The first-order chi connectivity index (χ1) is 11.4. The van der Waals surface area contributed by atoms with Gasteiger partial charge in [-0.25, -0.2) is 0 Å². The molecule has 0 aliphatic carbocycles. The molecule has 0 saturated carbocycles. The van der Waals surface area contributed by atoms with Crippen LogP contribution in [0.1, 0.15) is 12.5 Å². The van der Waals surface area contributed by atoms with Crippen LogP contribution >= 0.6 is 11.6 Å². The lowest BCUT2D eigenvalue weighted by Crippen LogP contribution is -2.37. The van der Waals surface area contributed by atoms with Crippen LogP contribution in [-0.4, -0.2) is 16.0 Å². The Kier molecular flexibility index (Phi) is 4.13. The number of hydrogen-bond donors (Lipinski definition) is 3. The van der Waals surface area contributed by atoms with E-state index in [1.807, 2.05) is 0 Å². The number of nitrogens with one attached hydrogen (secondary N) is 2. The predicted molar refractivity (Wildman–Crippen MR) is 94.2 cm³/mol. The predicted octanol–water partition coefficient (Wildman–Crippen LogP) is 3.03. The first-order valence-electron chi connectivity index (χ1n) is 7.30. The summed E-state index contributed by atoms with van der Waals surface area (Å²) in [4.78, 5) is 26.8. The zero-order valence-corrected chi connectivity index (χ0v) is 13.6. The standard InChI is InChI=1S/C18H15ClN2O3/c1-18(24,12-5-3-2-4-6-12)17(23)21-15-9-11-7-8-20-16(22)13(11)10-14(15)19/h2-10,24H,1H3,(H,20,22)(H,21,23). The summed E-state index contributed by atoms with van der Waals surface area (Å²) in [6, 6.07) is 13.4. The summed E-state index contributed by atoms with van der Waals surface area (Å²) in [5, 5.41) is 14.5. The van der Waals surface area contributed by atoms with Crippen molar-refractivity contribution >= 4 is 34.0 Å². The third-order valence-corrected chi connectivity index (χ3v) is 4.20. The third-order valence-electron chi connectivity index (χ3n) is 3.89. The topological polar surface area (TPSA) is 82.2 Å². The number of H-pyrrole nitrogens is 1. The van der Waals surface area contributed by atoms with Crippen molar-refractivity contribution in [1.82, 2.24) is 4.98 Å². The van der Waals surface area contributed by atoms with Gasteiger partial charge in [-0.3, -0.25) is 9.59 Å². The SMILES string of the molecule is CC(O)(C(=O)Nc1cc2cc[nH]c(=O)c2cc1Cl)c1ccccc1. The second-order valence-electron chi connectivity index (χ2n) is 5.62. The molecule has 3 aromatic rings. The smallest absolute Gasteiger partial charge is 0.260 e. The van der Waals surface area contributed by atoms with E-state index in [2.05, 4.69) is 10.3 Å². The van der Waals surface area contributed by atoms with Crippen molar-refractivity contribution in [2.75, 3.05) is 5.32 Å². The van der Waals surface area contributed by atoms with Crippen LogP contribution in [0.3, 0.4) is 0 Å². The van der Waals surface area contributed by atoms with Crippen LogP contribution in [0.2, 0.25) is 5.02 Å². The molecular formula is C18H15ClN2O3. The number of rotatable bonds is 3. The molecule has 3 rings (SSSR count). The van der Waals surface area contributed by atoms with Crippen molar-refractivity contribution < 1.29 is 9.90 Å². The van der Waals surface area contributed by atoms with Gasteiger partial charge >= 0.3 is 0 Å². The number of aliphatic hydroxyl groups is 1. The van der Waals surface area contributed by atoms with E-state index < -0.39 is 11.5 Å². The molecule has 0 radical (unpaired) electrons. The van der Waals surface area contributed by atoms with Crippen molar-refractivity contribution in [3.05, 3.63) is 75.7 Å². The molecule has 24 heavy (non-hydrogen) atoms. The highest BCUT2D eigenvalue weighted by Crippen LogP contribution is 2.29. The second kappa shape index (κ2) is 6.11. The van der Waals surface area contributed by atoms with Crippen molar-refractivity contribution in [2.24, 2.45) is 0 Å². The molecule has 0 fully saturated rings. The summed E-state index contributed by atoms with van der Waals surface area (Å²) in [6.45, 7) is 1.41. The van der Waals surface area contributed by atoms with E-state index in [0.29, 0.717) is 22.0 Å². The molecule has 5 nitrogen and oxygen atoms in total. The monoisotopic (exact) mass is 342 g/mol. The Labute approximate surface area is 142 Å². The lowest BCUT2D eigenvalue weighted by molar-refractivity contribution is -0.133. The number of aromatic nitrogens is 1. The van der Waals surface area contributed by atoms with Gasteiger partial charge in [0, 0.05) is 11.6 Å². The van der Waals surface area contributed by atoms with Gasteiger partial charge in [-0.15, -0.1) is 0 Å². The normalized spacial score (nSPS) is 13.5. The average molecular weight is 343 g/mol. The minimum atomic E-state index is -1.71. The number of halogens is 1. The van der Waals surface area contributed by atoms with Gasteiger partial charge in [0.2, 0.25) is 0 Å². The van der Waals surface area contributed by atoms with E-state index in [1.54, 1.807) is 42.5 Å². The largest absolute Gasteiger partial charge is 0.376 e. The van der Waals surface area contributed by atoms with E-state index in [1.165, 1.54) is 19.2 Å². The Morgan fingerprint density at radius 2 is 1.92 bits per heavy atom. The van der Waals surface area contributed by atoms with Crippen molar-refractivity contribution in [3.8, 4) is 0 Å². The zero-order valence-electron chi connectivity index (χ0n) is 12.8. The van der Waals surface area contributed by atoms with E-state index in [0.717, 1.165) is 0 Å². The van der Waals surface area contributed by atoms with E-state index in [-0.39, 0.29) is 10.6 Å². The number of pyridine rings is 1. The fraction of sp³-hybridized carbons (Fsp3) is 0.111. The number of carbonyl (C=O) groups is 1. The fourth-order valence-corrected chi connectivity index (χ4v) is 2.65. The van der Waals surface area contributed by atoms with Gasteiger partial charge < -0.3 is 15.4 Å². The molecular weight excluding hydrogens is 328 g/mol. The molecule has 3 N–H and O–H groups in total. The lowest BCUT2D eigenvalue weighted by atomic mass is 9.95. The molecule has 1 aromatic heterocycles. The number of hydrogen-bond acceptors (Lipinski definition) is 3. The zero-order chi connectivity index (χ0) is 17.3. The molecule has 1 heterocycles. The van der Waals surface area contributed by atoms with E-state index in [9.17, 15) is 14.7 Å². The Hall–Kier alpha value is -2.63. The summed E-state index contributed by atoms with van der Waals surface area (Å²) in [5.41, 5.74) is -1.18. The Balaban J connectivity index is 1.96. The maximum Gasteiger partial charge on any atom is 0.260 e. The molecule has 1 unspecified atom stereocenters. The maximum absolute atomic E-state index is 12.5. The Bertz CT molecular complexity index is 965. The minimum Gasteiger partial charge on any atom is -0.376 e. The summed E-state index contributed by atoms with van der Waals surface area (Å²) in [7, 11) is 0. The molecule has 6 heteroatoms. The van der Waals surface area contributed by atoms with Crippen LogP contribution in [-0.2, 0) is 10.4 Å². The first kappa shape index (κ1) is 16.2. The lowest BCUT2D eigenvalue weighted by Gasteiger charge is -2.23. The molecule has 0 aliphatic heterocycles. The number of aromatic amines is 1. The van der Waals surface area contributed by atoms with Crippen LogP contribution in [0.4, 0.5) is 5.69 Å². The van der Waals surface area contributed by atoms with Crippen LogP contribution in [0, 0.1) is 0 Å². The summed E-state index contributed by atoms with van der Waals surface area (Å²) in [5.74, 6) is -0.611. The molecule has 1 atom stereocenters. The quantitative estimate of drug-likeness (QED) is 0.684. The highest BCUT2D eigenvalue weighted by Gasteiger charge is 2.32. The number of amides is 1. The second-order valence-corrected chi connectivity index (χ2v) is 6.03. The third kappa shape index (κ3) is 2.91. The molecule has 0 bridgehead atoms. The van der Waals surface area contributed by atoms with Crippen molar-refractivity contribution in [3.63, 3.8) is 0 Å². The molecule has 122 valence electrons. The molecule has 1 amide bonds. The molecule has 0 aliphatic rings. The summed E-state index contributed by atoms with van der Waals surface area (Å²) >= 11 is 6.17. The highest BCUT2D eigenvalue weighted by molar-refractivity contribution is 6.34. The summed E-state index contributed by atoms with van der Waals surface area (Å²) in [6.07, 6.45) is 1.52. The highest BCUT2D eigenvalue weighted by atomic mass is 35.5. The first-order valence-corrected chi connectivity index (χ1v) is 7.67. The van der Waals surface area contributed by atoms with Crippen LogP contribution in [0.15, 0.2) is 59.5 Å². The van der Waals surface area contributed by atoms with Gasteiger partial charge in [0.1, 0.15) is 0 Å². The van der Waals surface area contributed by atoms with Crippen LogP contribution < -0.4 is 10.9 Å². The Morgan fingerprint density at radius 1 is 1.21 bits per heavy atom. The van der Waals surface area contributed by atoms with Crippen molar-refractivity contribution in [1.29, 1.82) is 0 Å². The molecule has 0 saturated heterocycles. The van der Waals surface area contributed by atoms with E-state index >= 15 is 0 Å². The van der Waals surface area contributed by atoms with E-state index in [4.69, 9.17) is 11.6 Å². The number of benzene rings is 2. The average Bonchev–Trinajstić information content (AvgIpc) is 2.57. The van der Waals surface area contributed by atoms with Gasteiger partial charge in [-0.2, -0.15) is 0 Å². The van der Waals surface area contributed by atoms with Crippen LogP contribution in [0.5, 0.6) is 0 Å². The van der Waals surface area contributed by atoms with Gasteiger partial charge in [-0.1, -0.05) is 41.9 Å². The van der Waals surface area contributed by atoms with Gasteiger partial charge in [0.05, 0.1) is 10.7 Å².